The summed E-state index contributed by atoms with van der Waals surface area (Å²) in [6, 6.07) is 66.8. The van der Waals surface area contributed by atoms with E-state index >= 15 is 0 Å². The van der Waals surface area contributed by atoms with Gasteiger partial charge in [-0.25, -0.2) is 19.9 Å². The van der Waals surface area contributed by atoms with Crippen LogP contribution in [-0.2, 0) is 0 Å². The zero-order valence-electron chi connectivity index (χ0n) is 28.3. The van der Waals surface area contributed by atoms with Gasteiger partial charge in [-0.2, -0.15) is 0 Å². The van der Waals surface area contributed by atoms with Crippen LogP contribution in [0, 0.1) is 0 Å². The molecule has 2 heterocycles. The van der Waals surface area contributed by atoms with Gasteiger partial charge in [0, 0.05) is 33.2 Å². The number of hydrogen-bond acceptors (Lipinski definition) is 4. The van der Waals surface area contributed by atoms with Crippen molar-refractivity contribution in [2.45, 2.75) is 0 Å². The standard InChI is InChI=1S/C48H32N4/c1-4-14-33(15-5-1)38-20-12-22-40(30-38)45-32-44(50-48(51-45)41-23-13-21-39(31-41)34-16-6-2-7-17-34)35-26-28-37(29-27-35)47-49-43-25-11-10-24-42(43)46(52-47)36-18-8-3-9-19-36/h1-32H. The van der Waals surface area contributed by atoms with Crippen molar-refractivity contribution in [1.29, 1.82) is 0 Å². The van der Waals surface area contributed by atoms with Gasteiger partial charge in [-0.1, -0.05) is 170 Å². The highest BCUT2D eigenvalue weighted by atomic mass is 14.9. The van der Waals surface area contributed by atoms with E-state index in [9.17, 15) is 0 Å². The molecule has 0 saturated heterocycles. The largest absolute Gasteiger partial charge is 0.228 e. The molecule has 0 saturated carbocycles. The molecule has 9 aromatic rings. The highest BCUT2D eigenvalue weighted by Crippen LogP contribution is 2.33. The Morgan fingerprint density at radius 2 is 0.712 bits per heavy atom. The summed E-state index contributed by atoms with van der Waals surface area (Å²) in [7, 11) is 0. The number of hydrogen-bond donors (Lipinski definition) is 0. The third-order valence-corrected chi connectivity index (χ3v) is 9.31. The lowest BCUT2D eigenvalue weighted by molar-refractivity contribution is 1.18. The topological polar surface area (TPSA) is 51.6 Å². The fourth-order valence-electron chi connectivity index (χ4n) is 6.64. The van der Waals surface area contributed by atoms with Crippen LogP contribution >= 0.6 is 0 Å². The first-order valence-corrected chi connectivity index (χ1v) is 17.4. The first kappa shape index (κ1) is 31.0. The Kier molecular flexibility index (Phi) is 8.16. The van der Waals surface area contributed by atoms with Crippen LogP contribution < -0.4 is 0 Å². The molecule has 7 aromatic carbocycles. The first-order chi connectivity index (χ1) is 25.7. The lowest BCUT2D eigenvalue weighted by atomic mass is 10.00. The second-order valence-electron chi connectivity index (χ2n) is 12.7. The molecule has 0 aliphatic rings. The van der Waals surface area contributed by atoms with Crippen molar-refractivity contribution in [1.82, 2.24) is 19.9 Å². The van der Waals surface area contributed by atoms with E-state index in [1.165, 1.54) is 0 Å². The van der Waals surface area contributed by atoms with E-state index in [-0.39, 0.29) is 0 Å². The van der Waals surface area contributed by atoms with Crippen LogP contribution in [0.2, 0.25) is 0 Å². The van der Waals surface area contributed by atoms with E-state index in [0.29, 0.717) is 11.6 Å². The Bertz CT molecular complexity index is 2550. The first-order valence-electron chi connectivity index (χ1n) is 17.4. The fourth-order valence-corrected chi connectivity index (χ4v) is 6.64. The number of rotatable bonds is 7. The number of para-hydroxylation sites is 1. The minimum absolute atomic E-state index is 0.671. The van der Waals surface area contributed by atoms with E-state index in [4.69, 9.17) is 19.9 Å². The summed E-state index contributed by atoms with van der Waals surface area (Å²) >= 11 is 0. The van der Waals surface area contributed by atoms with Crippen molar-refractivity contribution in [2.24, 2.45) is 0 Å². The van der Waals surface area contributed by atoms with Crippen LogP contribution in [-0.4, -0.2) is 19.9 Å². The van der Waals surface area contributed by atoms with Crippen LogP contribution in [0.15, 0.2) is 194 Å². The van der Waals surface area contributed by atoms with Gasteiger partial charge in [-0.05, 0) is 46.5 Å². The van der Waals surface area contributed by atoms with Crippen molar-refractivity contribution in [3.05, 3.63) is 194 Å². The molecule has 52 heavy (non-hydrogen) atoms. The molecule has 4 heteroatoms. The normalized spacial score (nSPS) is 11.1. The summed E-state index contributed by atoms with van der Waals surface area (Å²) in [6.07, 6.45) is 0. The van der Waals surface area contributed by atoms with E-state index < -0.39 is 0 Å². The van der Waals surface area contributed by atoms with E-state index in [1.807, 2.05) is 48.5 Å². The zero-order valence-corrected chi connectivity index (χ0v) is 28.3. The van der Waals surface area contributed by atoms with Crippen LogP contribution in [0.25, 0.3) is 89.7 Å². The van der Waals surface area contributed by atoms with Gasteiger partial charge in [-0.15, -0.1) is 0 Å². The molecular formula is C48H32N4. The second-order valence-corrected chi connectivity index (χ2v) is 12.7. The maximum Gasteiger partial charge on any atom is 0.160 e. The lowest BCUT2D eigenvalue weighted by Crippen LogP contribution is -1.97. The van der Waals surface area contributed by atoms with Crippen molar-refractivity contribution in [2.75, 3.05) is 0 Å². The van der Waals surface area contributed by atoms with Gasteiger partial charge in [0.15, 0.2) is 11.6 Å². The maximum atomic E-state index is 5.17. The average molecular weight is 665 g/mol. The van der Waals surface area contributed by atoms with Crippen LogP contribution in [0.1, 0.15) is 0 Å². The quantitative estimate of drug-likeness (QED) is 0.170. The molecular weight excluding hydrogens is 633 g/mol. The van der Waals surface area contributed by atoms with Gasteiger partial charge in [0.1, 0.15) is 0 Å². The fraction of sp³-hybridized carbons (Fsp3) is 0. The maximum absolute atomic E-state index is 5.17. The van der Waals surface area contributed by atoms with E-state index in [0.717, 1.165) is 78.1 Å². The predicted octanol–water partition coefficient (Wildman–Crippen LogP) is 12.1. The third kappa shape index (κ3) is 6.26. The Morgan fingerprint density at radius 1 is 0.250 bits per heavy atom. The van der Waals surface area contributed by atoms with Crippen molar-refractivity contribution >= 4 is 10.9 Å². The molecule has 0 atom stereocenters. The molecule has 0 N–H and O–H groups in total. The molecule has 0 spiro atoms. The number of fused-ring (bicyclic) bond motifs is 1. The monoisotopic (exact) mass is 664 g/mol. The molecule has 0 fully saturated rings. The molecule has 0 unspecified atom stereocenters. The zero-order chi connectivity index (χ0) is 34.7. The Hall–Kier alpha value is -7.04. The van der Waals surface area contributed by atoms with E-state index in [2.05, 4.69) is 146 Å². The summed E-state index contributed by atoms with van der Waals surface area (Å²) in [6.45, 7) is 0. The number of aromatic nitrogens is 4. The van der Waals surface area contributed by atoms with Crippen LogP contribution in [0.3, 0.4) is 0 Å². The molecule has 0 aliphatic carbocycles. The predicted molar refractivity (Wildman–Crippen MR) is 213 cm³/mol. The minimum atomic E-state index is 0.671. The molecule has 0 radical (unpaired) electrons. The average Bonchev–Trinajstić information content (AvgIpc) is 3.24. The molecule has 4 nitrogen and oxygen atoms in total. The second kappa shape index (κ2) is 13.7. The molecule has 0 amide bonds. The smallest absolute Gasteiger partial charge is 0.160 e. The van der Waals surface area contributed by atoms with Crippen LogP contribution in [0.4, 0.5) is 0 Å². The third-order valence-electron chi connectivity index (χ3n) is 9.31. The van der Waals surface area contributed by atoms with Crippen molar-refractivity contribution in [3.8, 4) is 78.8 Å². The molecule has 2 aromatic heterocycles. The summed E-state index contributed by atoms with van der Waals surface area (Å²) in [5.74, 6) is 1.36. The van der Waals surface area contributed by atoms with Crippen molar-refractivity contribution < 1.29 is 0 Å². The van der Waals surface area contributed by atoms with Crippen molar-refractivity contribution in [3.63, 3.8) is 0 Å². The molecule has 9 rings (SSSR count). The van der Waals surface area contributed by atoms with Gasteiger partial charge in [-0.3, -0.25) is 0 Å². The van der Waals surface area contributed by atoms with Crippen LogP contribution in [0.5, 0.6) is 0 Å². The Balaban J connectivity index is 1.15. The SMILES string of the molecule is c1ccc(-c2cccc(-c3cc(-c4ccc(-c5nc(-c6ccccc6)c6ccccc6n5)cc4)nc(-c4cccc(-c5ccccc5)c4)n3)c2)cc1. The summed E-state index contributed by atoms with van der Waals surface area (Å²) in [5, 5.41) is 1.03. The highest BCUT2D eigenvalue weighted by molar-refractivity contribution is 5.93. The van der Waals surface area contributed by atoms with Gasteiger partial charge in [0.25, 0.3) is 0 Å². The lowest BCUT2D eigenvalue weighted by Gasteiger charge is -2.12. The van der Waals surface area contributed by atoms with E-state index in [1.54, 1.807) is 0 Å². The summed E-state index contributed by atoms with van der Waals surface area (Å²) in [4.78, 5) is 20.4. The van der Waals surface area contributed by atoms with Gasteiger partial charge in [0.05, 0.1) is 22.6 Å². The summed E-state index contributed by atoms with van der Waals surface area (Å²) < 4.78 is 0. The minimum Gasteiger partial charge on any atom is -0.228 e. The van der Waals surface area contributed by atoms with Gasteiger partial charge in [0.2, 0.25) is 0 Å². The molecule has 0 bridgehead atoms. The van der Waals surface area contributed by atoms with Gasteiger partial charge >= 0.3 is 0 Å². The molecule has 0 aliphatic heterocycles. The van der Waals surface area contributed by atoms with Gasteiger partial charge < -0.3 is 0 Å². The Labute approximate surface area is 302 Å². The number of nitrogens with zero attached hydrogens (tertiary/aromatic N) is 4. The number of benzene rings is 7. The summed E-state index contributed by atoms with van der Waals surface area (Å²) in [5.41, 5.74) is 13.1. The Morgan fingerprint density at radius 3 is 1.37 bits per heavy atom. The molecule has 244 valence electrons. The highest BCUT2D eigenvalue weighted by Gasteiger charge is 2.15.